The van der Waals surface area contributed by atoms with E-state index in [0.29, 0.717) is 16.8 Å². The van der Waals surface area contributed by atoms with E-state index in [1.54, 1.807) is 6.07 Å². The van der Waals surface area contributed by atoms with E-state index < -0.39 is 0 Å². The summed E-state index contributed by atoms with van der Waals surface area (Å²) in [4.78, 5) is 4.16. The van der Waals surface area contributed by atoms with Crippen molar-refractivity contribution in [1.82, 2.24) is 4.98 Å². The topological polar surface area (TPSA) is 74.7 Å². The maximum absolute atomic E-state index is 8.81. The lowest BCUT2D eigenvalue weighted by atomic mass is 9.70. The molecule has 1 heterocycles. The Bertz CT molecular complexity index is 429. The lowest BCUT2D eigenvalue weighted by Crippen LogP contribution is -2.33. The molecule has 4 heteroatoms. The van der Waals surface area contributed by atoms with Crippen molar-refractivity contribution in [2.75, 3.05) is 17.6 Å². The van der Waals surface area contributed by atoms with Gasteiger partial charge in [-0.2, -0.15) is 5.26 Å². The number of anilines is 2. The normalized spacial score (nSPS) is 17.2. The minimum absolute atomic E-state index is 0.295. The number of hydrogen-bond donors (Lipinski definition) is 2. The van der Waals surface area contributed by atoms with E-state index in [4.69, 9.17) is 11.0 Å². The lowest BCUT2D eigenvalue weighted by Gasteiger charge is -2.38. The van der Waals surface area contributed by atoms with Gasteiger partial charge in [-0.25, -0.2) is 4.98 Å². The standard InChI is InChI=1S/C12H16N4/c1-12(5-2-6-12)8-15-11-4-3-9(14)10(7-13)16-11/h3-4H,2,5-6,8,14H2,1H3,(H,15,16). The van der Waals surface area contributed by atoms with E-state index >= 15 is 0 Å². The van der Waals surface area contributed by atoms with Gasteiger partial charge in [0.05, 0.1) is 5.69 Å². The van der Waals surface area contributed by atoms with Crippen molar-refractivity contribution < 1.29 is 0 Å². The van der Waals surface area contributed by atoms with Gasteiger partial charge in [-0.05, 0) is 30.4 Å². The van der Waals surface area contributed by atoms with Gasteiger partial charge < -0.3 is 11.1 Å². The molecular formula is C12H16N4. The first kappa shape index (κ1) is 10.7. The first-order valence-electron chi connectivity index (χ1n) is 5.53. The third kappa shape index (κ3) is 2.08. The van der Waals surface area contributed by atoms with Crippen LogP contribution in [0.2, 0.25) is 0 Å². The van der Waals surface area contributed by atoms with Crippen LogP contribution in [0.25, 0.3) is 0 Å². The Morgan fingerprint density at radius 2 is 2.31 bits per heavy atom. The predicted molar refractivity (Wildman–Crippen MR) is 63.8 cm³/mol. The average Bonchev–Trinajstić information content (AvgIpc) is 2.25. The van der Waals surface area contributed by atoms with E-state index in [-0.39, 0.29) is 0 Å². The Morgan fingerprint density at radius 3 is 2.88 bits per heavy atom. The molecule has 0 saturated heterocycles. The average molecular weight is 216 g/mol. The number of aromatic nitrogens is 1. The molecule has 4 nitrogen and oxygen atoms in total. The number of hydrogen-bond acceptors (Lipinski definition) is 4. The smallest absolute Gasteiger partial charge is 0.165 e. The number of pyridine rings is 1. The summed E-state index contributed by atoms with van der Waals surface area (Å²) in [5.41, 5.74) is 6.73. The largest absolute Gasteiger partial charge is 0.396 e. The van der Waals surface area contributed by atoms with Crippen LogP contribution in [-0.4, -0.2) is 11.5 Å². The zero-order valence-electron chi connectivity index (χ0n) is 9.45. The van der Waals surface area contributed by atoms with Gasteiger partial charge in [0.25, 0.3) is 0 Å². The van der Waals surface area contributed by atoms with Gasteiger partial charge in [0.1, 0.15) is 11.9 Å². The van der Waals surface area contributed by atoms with Gasteiger partial charge in [-0.3, -0.25) is 0 Å². The molecule has 0 aliphatic heterocycles. The summed E-state index contributed by atoms with van der Waals surface area (Å²) in [6.45, 7) is 3.18. The fraction of sp³-hybridized carbons (Fsp3) is 0.500. The molecule has 3 N–H and O–H groups in total. The molecular weight excluding hydrogens is 200 g/mol. The zero-order valence-corrected chi connectivity index (χ0v) is 9.45. The van der Waals surface area contributed by atoms with Crippen molar-refractivity contribution in [3.05, 3.63) is 17.8 Å². The molecule has 0 aromatic carbocycles. The van der Waals surface area contributed by atoms with Crippen LogP contribution < -0.4 is 11.1 Å². The summed E-state index contributed by atoms with van der Waals surface area (Å²) in [5.74, 6) is 0.735. The maximum atomic E-state index is 8.81. The summed E-state index contributed by atoms with van der Waals surface area (Å²) in [6, 6.07) is 5.52. The molecule has 0 atom stereocenters. The van der Waals surface area contributed by atoms with Crippen LogP contribution in [0.5, 0.6) is 0 Å². The van der Waals surface area contributed by atoms with Crippen molar-refractivity contribution in [2.24, 2.45) is 5.41 Å². The minimum Gasteiger partial charge on any atom is -0.396 e. The van der Waals surface area contributed by atoms with Crippen LogP contribution in [0.3, 0.4) is 0 Å². The summed E-state index contributed by atoms with van der Waals surface area (Å²) in [7, 11) is 0. The van der Waals surface area contributed by atoms with Gasteiger partial charge in [-0.15, -0.1) is 0 Å². The first-order chi connectivity index (χ1) is 7.63. The predicted octanol–water partition coefficient (Wildman–Crippen LogP) is 2.14. The van der Waals surface area contributed by atoms with Crippen molar-refractivity contribution in [2.45, 2.75) is 26.2 Å². The number of nitrogens with zero attached hydrogens (tertiary/aromatic N) is 2. The van der Waals surface area contributed by atoms with Crippen LogP contribution in [0, 0.1) is 16.7 Å². The Labute approximate surface area is 95.5 Å². The molecule has 0 radical (unpaired) electrons. The van der Waals surface area contributed by atoms with Crippen LogP contribution in [0.15, 0.2) is 12.1 Å². The molecule has 1 aromatic heterocycles. The fourth-order valence-electron chi connectivity index (χ4n) is 1.92. The highest BCUT2D eigenvalue weighted by atomic mass is 15.0. The summed E-state index contributed by atoms with van der Waals surface area (Å²) >= 11 is 0. The number of nitriles is 1. The second kappa shape index (κ2) is 4.01. The molecule has 0 amide bonds. The van der Waals surface area contributed by atoms with Crippen molar-refractivity contribution in [3.63, 3.8) is 0 Å². The molecule has 1 aliphatic carbocycles. The van der Waals surface area contributed by atoms with Crippen molar-refractivity contribution in [1.29, 1.82) is 5.26 Å². The van der Waals surface area contributed by atoms with Gasteiger partial charge in [0.15, 0.2) is 5.69 Å². The number of nitrogens with one attached hydrogen (secondary N) is 1. The molecule has 1 saturated carbocycles. The van der Waals surface area contributed by atoms with E-state index in [1.165, 1.54) is 19.3 Å². The quantitative estimate of drug-likeness (QED) is 0.811. The summed E-state index contributed by atoms with van der Waals surface area (Å²) in [6.07, 6.45) is 3.84. The van der Waals surface area contributed by atoms with Crippen LogP contribution in [-0.2, 0) is 0 Å². The SMILES string of the molecule is CC1(CNc2ccc(N)c(C#N)n2)CCC1. The molecule has 1 aromatic rings. The second-order valence-electron chi connectivity index (χ2n) is 4.76. The maximum Gasteiger partial charge on any atom is 0.165 e. The van der Waals surface area contributed by atoms with E-state index in [9.17, 15) is 0 Å². The molecule has 1 fully saturated rings. The zero-order chi connectivity index (χ0) is 11.6. The highest BCUT2D eigenvalue weighted by molar-refractivity contribution is 5.54. The molecule has 0 bridgehead atoms. The summed E-state index contributed by atoms with van der Waals surface area (Å²) < 4.78 is 0. The van der Waals surface area contributed by atoms with Crippen molar-refractivity contribution >= 4 is 11.5 Å². The Balaban J connectivity index is 2.02. The second-order valence-corrected chi connectivity index (χ2v) is 4.76. The molecule has 2 rings (SSSR count). The van der Waals surface area contributed by atoms with E-state index in [1.807, 2.05) is 12.1 Å². The monoisotopic (exact) mass is 216 g/mol. The Kier molecular flexibility index (Phi) is 2.69. The third-order valence-corrected chi connectivity index (χ3v) is 3.29. The summed E-state index contributed by atoms with van der Waals surface area (Å²) in [5, 5.41) is 12.1. The van der Waals surface area contributed by atoms with Crippen LogP contribution in [0.4, 0.5) is 11.5 Å². The van der Waals surface area contributed by atoms with Crippen molar-refractivity contribution in [3.8, 4) is 6.07 Å². The molecule has 0 unspecified atom stereocenters. The molecule has 1 aliphatic rings. The van der Waals surface area contributed by atoms with Gasteiger partial charge in [0.2, 0.25) is 0 Å². The molecule has 0 spiro atoms. The van der Waals surface area contributed by atoms with Gasteiger partial charge in [-0.1, -0.05) is 13.3 Å². The Hall–Kier alpha value is -1.76. The fourth-order valence-corrected chi connectivity index (χ4v) is 1.92. The van der Waals surface area contributed by atoms with Crippen LogP contribution in [0.1, 0.15) is 31.9 Å². The number of nitrogens with two attached hydrogens (primary N) is 1. The van der Waals surface area contributed by atoms with Gasteiger partial charge in [0, 0.05) is 6.54 Å². The molecule has 84 valence electrons. The molecule has 16 heavy (non-hydrogen) atoms. The highest BCUT2D eigenvalue weighted by Gasteiger charge is 2.31. The lowest BCUT2D eigenvalue weighted by molar-refractivity contribution is 0.180. The number of rotatable bonds is 3. The highest BCUT2D eigenvalue weighted by Crippen LogP contribution is 2.40. The number of nitrogen functional groups attached to an aromatic ring is 1. The first-order valence-corrected chi connectivity index (χ1v) is 5.53. The van der Waals surface area contributed by atoms with E-state index in [2.05, 4.69) is 17.2 Å². The third-order valence-electron chi connectivity index (χ3n) is 3.29. The Morgan fingerprint density at radius 1 is 1.56 bits per heavy atom. The van der Waals surface area contributed by atoms with Gasteiger partial charge >= 0.3 is 0 Å². The minimum atomic E-state index is 0.295. The van der Waals surface area contributed by atoms with E-state index in [0.717, 1.165) is 12.4 Å². The van der Waals surface area contributed by atoms with Crippen LogP contribution >= 0.6 is 0 Å².